The zero-order chi connectivity index (χ0) is 43.1. The SMILES string of the molecule is c1cc(-c2ccc(N(c3ccc(-c4ccc(C56CC7C8CC(C[C@H]8C5)[C@H]7C6)cc4)cc3)c3ccc4c(c3)sc3ccccc34)cc2)cc(-n2c3ccccc3c3ccc4ccccc4c32)c1. The fourth-order valence-corrected chi connectivity index (χ4v) is 15.5. The summed E-state index contributed by atoms with van der Waals surface area (Å²) in [5.41, 5.74) is 14.1. The smallest absolute Gasteiger partial charge is 0.0619 e. The molecular weight excluding hydrogens is 817 g/mol. The van der Waals surface area contributed by atoms with Gasteiger partial charge in [-0.25, -0.2) is 0 Å². The summed E-state index contributed by atoms with van der Waals surface area (Å²) in [6.07, 6.45) is 7.39. The molecule has 316 valence electrons. The molecule has 4 saturated carbocycles. The number of nitrogens with zero attached hydrogens (tertiary/aromatic N) is 2. The molecule has 11 aromatic rings. The van der Waals surface area contributed by atoms with Crippen molar-refractivity contribution in [3.05, 3.63) is 206 Å². The van der Waals surface area contributed by atoms with Crippen molar-refractivity contribution in [3.8, 4) is 27.9 Å². The molecule has 4 unspecified atom stereocenters. The molecule has 0 spiro atoms. The van der Waals surface area contributed by atoms with E-state index in [2.05, 4.69) is 210 Å². The summed E-state index contributed by atoms with van der Waals surface area (Å²) >= 11 is 1.88. The van der Waals surface area contributed by atoms with Crippen LogP contribution in [0.25, 0.3) is 80.7 Å². The molecular formula is C63H48N2S. The number of rotatable bonds is 7. The van der Waals surface area contributed by atoms with E-state index in [0.29, 0.717) is 5.41 Å². The Morgan fingerprint density at radius 1 is 0.424 bits per heavy atom. The standard InChI is InChI=1S/C63H48N2S/c1-2-11-51-42(8-1)22-30-55-52-12-3-5-14-59(52)65(62(51)55)49-10-7-9-43(33-49)41-20-27-48(28-21-41)64(50-29-31-54-53-13-4-6-15-60(53)66-61(54)35-50)47-25-18-40(19-26-47)39-16-23-46(24-17-39)63-36-45-32-44-34-56(45)58(38-63)57(44)37-63/h1-31,33,35,44-45,56-58H,32,34,36-38H2/t44?,45-,56?,57+,58?,63?/m0/s1. The first-order valence-corrected chi connectivity index (χ1v) is 25.0. The Labute approximate surface area is 389 Å². The summed E-state index contributed by atoms with van der Waals surface area (Å²) in [5, 5.41) is 7.72. The average molecular weight is 865 g/mol. The molecule has 3 heteroatoms. The molecule has 66 heavy (non-hydrogen) atoms. The second-order valence-electron chi connectivity index (χ2n) is 20.2. The van der Waals surface area contributed by atoms with Gasteiger partial charge in [-0.05, 0) is 161 Å². The highest BCUT2D eigenvalue weighted by Crippen LogP contribution is 2.72. The normalized spacial score (nSPS) is 22.8. The minimum Gasteiger partial charge on any atom is -0.310 e. The monoisotopic (exact) mass is 864 g/mol. The molecule has 4 aliphatic rings. The molecule has 0 N–H and O–H groups in total. The predicted molar refractivity (Wildman–Crippen MR) is 279 cm³/mol. The highest BCUT2D eigenvalue weighted by molar-refractivity contribution is 7.25. The number of hydrogen-bond donors (Lipinski definition) is 0. The van der Waals surface area contributed by atoms with E-state index in [0.717, 1.165) is 52.3 Å². The quantitative estimate of drug-likeness (QED) is 0.155. The van der Waals surface area contributed by atoms with Crippen molar-refractivity contribution >= 4 is 81.1 Å². The van der Waals surface area contributed by atoms with Crippen LogP contribution in [0.5, 0.6) is 0 Å². The molecule has 0 radical (unpaired) electrons. The second-order valence-corrected chi connectivity index (χ2v) is 21.3. The van der Waals surface area contributed by atoms with Gasteiger partial charge in [0.2, 0.25) is 0 Å². The van der Waals surface area contributed by atoms with E-state index >= 15 is 0 Å². The van der Waals surface area contributed by atoms with Crippen molar-refractivity contribution in [1.29, 1.82) is 0 Å². The van der Waals surface area contributed by atoms with Crippen LogP contribution in [-0.2, 0) is 5.41 Å². The van der Waals surface area contributed by atoms with Crippen LogP contribution in [-0.4, -0.2) is 4.57 Å². The van der Waals surface area contributed by atoms with Gasteiger partial charge in [0.1, 0.15) is 0 Å². The molecule has 15 rings (SSSR count). The summed E-state index contributed by atoms with van der Waals surface area (Å²) in [7, 11) is 0. The molecule has 2 nitrogen and oxygen atoms in total. The van der Waals surface area contributed by atoms with Gasteiger partial charge in [-0.1, -0.05) is 140 Å². The number of thiophene rings is 1. The highest BCUT2D eigenvalue weighted by atomic mass is 32.1. The summed E-state index contributed by atoms with van der Waals surface area (Å²) < 4.78 is 5.09. The number of fused-ring (bicyclic) bond motifs is 11. The van der Waals surface area contributed by atoms with Gasteiger partial charge in [0.25, 0.3) is 0 Å². The number of hydrogen-bond acceptors (Lipinski definition) is 2. The Bertz CT molecular complexity index is 3720. The summed E-state index contributed by atoms with van der Waals surface area (Å²) in [5.74, 6) is 5.09. The van der Waals surface area contributed by atoms with Gasteiger partial charge in [-0.15, -0.1) is 11.3 Å². The van der Waals surface area contributed by atoms with Crippen LogP contribution in [0.4, 0.5) is 17.1 Å². The molecule has 6 atom stereocenters. The number of anilines is 3. The van der Waals surface area contributed by atoms with Crippen molar-refractivity contribution in [2.75, 3.05) is 4.90 Å². The van der Waals surface area contributed by atoms with Crippen molar-refractivity contribution < 1.29 is 0 Å². The van der Waals surface area contributed by atoms with Gasteiger partial charge in [0.05, 0.1) is 11.0 Å². The van der Waals surface area contributed by atoms with E-state index in [-0.39, 0.29) is 0 Å². The van der Waals surface area contributed by atoms with Crippen molar-refractivity contribution in [1.82, 2.24) is 4.57 Å². The zero-order valence-corrected chi connectivity index (χ0v) is 37.6. The third-order valence-electron chi connectivity index (χ3n) is 17.1. The lowest BCUT2D eigenvalue weighted by atomic mass is 9.63. The average Bonchev–Trinajstić information content (AvgIpc) is 4.18. The molecule has 4 aliphatic carbocycles. The zero-order valence-electron chi connectivity index (χ0n) is 36.8. The van der Waals surface area contributed by atoms with Gasteiger partial charge in [-0.2, -0.15) is 0 Å². The summed E-state index contributed by atoms with van der Waals surface area (Å²) in [4.78, 5) is 2.43. The van der Waals surface area contributed by atoms with E-state index in [9.17, 15) is 0 Å². The highest BCUT2D eigenvalue weighted by Gasteiger charge is 2.64. The van der Waals surface area contributed by atoms with E-state index in [1.807, 2.05) is 11.3 Å². The molecule has 9 aromatic carbocycles. The van der Waals surface area contributed by atoms with Crippen LogP contribution in [0.3, 0.4) is 0 Å². The van der Waals surface area contributed by atoms with Gasteiger partial charge in [0.15, 0.2) is 0 Å². The van der Waals surface area contributed by atoms with Crippen molar-refractivity contribution in [3.63, 3.8) is 0 Å². The van der Waals surface area contributed by atoms with Crippen LogP contribution in [0, 0.1) is 29.6 Å². The fourth-order valence-electron chi connectivity index (χ4n) is 14.4. The van der Waals surface area contributed by atoms with E-state index in [1.165, 1.54) is 101 Å². The molecule has 2 heterocycles. The summed E-state index contributed by atoms with van der Waals surface area (Å²) in [6, 6.07) is 75.2. The first-order chi connectivity index (χ1) is 32.6. The number of para-hydroxylation sites is 1. The molecule has 4 bridgehead atoms. The lowest BCUT2D eigenvalue weighted by Gasteiger charge is -2.41. The van der Waals surface area contributed by atoms with Gasteiger partial charge in [0, 0.05) is 59.1 Å². The maximum Gasteiger partial charge on any atom is 0.0619 e. The van der Waals surface area contributed by atoms with Gasteiger partial charge in [-0.3, -0.25) is 0 Å². The van der Waals surface area contributed by atoms with Crippen LogP contribution in [0.2, 0.25) is 0 Å². The lowest BCUT2D eigenvalue weighted by molar-refractivity contribution is 0.138. The Balaban J connectivity index is 0.786. The summed E-state index contributed by atoms with van der Waals surface area (Å²) in [6.45, 7) is 0. The number of aromatic nitrogens is 1. The number of benzene rings is 9. The van der Waals surface area contributed by atoms with Crippen molar-refractivity contribution in [2.45, 2.75) is 37.5 Å². The van der Waals surface area contributed by atoms with Gasteiger partial charge >= 0.3 is 0 Å². The van der Waals surface area contributed by atoms with Crippen LogP contribution in [0.15, 0.2) is 200 Å². The molecule has 0 saturated heterocycles. The third-order valence-corrected chi connectivity index (χ3v) is 18.2. The Morgan fingerprint density at radius 2 is 1.08 bits per heavy atom. The third kappa shape index (κ3) is 5.47. The Hall–Kier alpha value is -6.94. The van der Waals surface area contributed by atoms with E-state index < -0.39 is 0 Å². The van der Waals surface area contributed by atoms with Crippen LogP contribution in [0.1, 0.15) is 37.7 Å². The predicted octanol–water partition coefficient (Wildman–Crippen LogP) is 17.4. The molecule has 0 amide bonds. The largest absolute Gasteiger partial charge is 0.310 e. The maximum absolute atomic E-state index is 2.50. The first-order valence-electron chi connectivity index (χ1n) is 24.2. The van der Waals surface area contributed by atoms with Crippen molar-refractivity contribution in [2.24, 2.45) is 29.6 Å². The topological polar surface area (TPSA) is 8.17 Å². The van der Waals surface area contributed by atoms with E-state index in [4.69, 9.17) is 0 Å². The minimum atomic E-state index is 0.435. The van der Waals surface area contributed by atoms with Crippen LogP contribution < -0.4 is 4.90 Å². The van der Waals surface area contributed by atoms with Crippen LogP contribution >= 0.6 is 11.3 Å². The minimum absolute atomic E-state index is 0.435. The Kier molecular flexibility index (Phi) is 7.93. The Morgan fingerprint density at radius 3 is 1.89 bits per heavy atom. The second kappa shape index (κ2) is 14.0. The first kappa shape index (κ1) is 37.3. The van der Waals surface area contributed by atoms with Gasteiger partial charge < -0.3 is 9.47 Å². The fraction of sp³-hybridized carbons (Fsp3) is 0.175. The lowest BCUT2D eigenvalue weighted by Crippen LogP contribution is -2.34. The maximum atomic E-state index is 2.50. The molecule has 4 fully saturated rings. The molecule has 0 aliphatic heterocycles. The van der Waals surface area contributed by atoms with E-state index in [1.54, 1.807) is 12.0 Å². The molecule has 2 aromatic heterocycles.